The highest BCUT2D eigenvalue weighted by atomic mass is 16.5. The Bertz CT molecular complexity index is 552. The number of nitrogens with two attached hydrogens (primary N) is 1. The van der Waals surface area contributed by atoms with Crippen molar-refractivity contribution < 1.29 is 4.74 Å². The summed E-state index contributed by atoms with van der Waals surface area (Å²) in [5.74, 6) is 5.95. The third-order valence-corrected chi connectivity index (χ3v) is 2.71. The van der Waals surface area contributed by atoms with Crippen LogP contribution in [0.15, 0.2) is 24.3 Å². The number of nitrogens with one attached hydrogen (secondary N) is 2. The van der Waals surface area contributed by atoms with E-state index in [1.165, 1.54) is 12.7 Å². The number of aromatic nitrogens is 3. The molecule has 0 bridgehead atoms. The smallest absolute Gasteiger partial charge is 0.322 e. The second-order valence-corrected chi connectivity index (χ2v) is 4.15. The molecule has 0 aliphatic carbocycles. The molecule has 7 heteroatoms. The van der Waals surface area contributed by atoms with Gasteiger partial charge in [-0.1, -0.05) is 31.5 Å². The Morgan fingerprint density at radius 1 is 1.15 bits per heavy atom. The minimum atomic E-state index is 0.198. The van der Waals surface area contributed by atoms with E-state index in [0.29, 0.717) is 5.95 Å². The number of anilines is 3. The predicted molar refractivity (Wildman–Crippen MR) is 77.9 cm³/mol. The van der Waals surface area contributed by atoms with Gasteiger partial charge in [-0.2, -0.15) is 15.0 Å². The molecule has 4 N–H and O–H groups in total. The van der Waals surface area contributed by atoms with E-state index in [4.69, 9.17) is 10.6 Å². The minimum absolute atomic E-state index is 0.198. The molecular weight excluding hydrogens is 256 g/mol. The van der Waals surface area contributed by atoms with Crippen LogP contribution in [0.5, 0.6) is 6.01 Å². The van der Waals surface area contributed by atoms with Crippen LogP contribution in [-0.2, 0) is 6.42 Å². The highest BCUT2D eigenvalue weighted by molar-refractivity contribution is 5.59. The van der Waals surface area contributed by atoms with Crippen LogP contribution in [0.3, 0.4) is 0 Å². The molecule has 0 radical (unpaired) electrons. The lowest BCUT2D eigenvalue weighted by Crippen LogP contribution is -2.13. The Kier molecular flexibility index (Phi) is 4.67. The molecule has 2 rings (SSSR count). The molecule has 1 heterocycles. The first-order valence-electron chi connectivity index (χ1n) is 6.38. The number of nitrogen functional groups attached to an aromatic ring is 1. The van der Waals surface area contributed by atoms with Gasteiger partial charge in [0.05, 0.1) is 7.11 Å². The zero-order valence-electron chi connectivity index (χ0n) is 11.6. The molecule has 106 valence electrons. The quantitative estimate of drug-likeness (QED) is 0.546. The largest absolute Gasteiger partial charge is 0.467 e. The van der Waals surface area contributed by atoms with E-state index in [2.05, 4.69) is 38.7 Å². The van der Waals surface area contributed by atoms with Gasteiger partial charge in [0.1, 0.15) is 0 Å². The fourth-order valence-electron chi connectivity index (χ4n) is 1.82. The molecule has 0 spiro atoms. The van der Waals surface area contributed by atoms with Crippen LogP contribution in [0.4, 0.5) is 17.6 Å². The average Bonchev–Trinajstić information content (AvgIpc) is 2.49. The highest BCUT2D eigenvalue weighted by Crippen LogP contribution is 2.21. The summed E-state index contributed by atoms with van der Waals surface area (Å²) in [5.41, 5.74) is 4.55. The number of hydrazine groups is 1. The van der Waals surface area contributed by atoms with E-state index < -0.39 is 0 Å². The predicted octanol–water partition coefficient (Wildman–Crippen LogP) is 1.86. The zero-order chi connectivity index (χ0) is 14.4. The second-order valence-electron chi connectivity index (χ2n) is 4.15. The summed E-state index contributed by atoms with van der Waals surface area (Å²) in [7, 11) is 1.49. The summed E-state index contributed by atoms with van der Waals surface area (Å²) >= 11 is 0. The summed E-state index contributed by atoms with van der Waals surface area (Å²) in [5, 5.41) is 3.17. The average molecular weight is 274 g/mol. The molecule has 0 atom stereocenters. The van der Waals surface area contributed by atoms with Gasteiger partial charge in [0.25, 0.3) is 0 Å². The number of ether oxygens (including phenoxy) is 1. The van der Waals surface area contributed by atoms with E-state index in [-0.39, 0.29) is 12.0 Å². The van der Waals surface area contributed by atoms with Gasteiger partial charge in [0.2, 0.25) is 11.9 Å². The number of aryl methyl sites for hydroxylation is 1. The number of methoxy groups -OCH3 is 1. The summed E-state index contributed by atoms with van der Waals surface area (Å²) in [4.78, 5) is 12.2. The normalized spacial score (nSPS) is 10.2. The Labute approximate surface area is 117 Å². The second kappa shape index (κ2) is 6.67. The highest BCUT2D eigenvalue weighted by Gasteiger charge is 2.08. The number of benzene rings is 1. The molecule has 0 aliphatic heterocycles. The van der Waals surface area contributed by atoms with E-state index in [1.807, 2.05) is 18.2 Å². The van der Waals surface area contributed by atoms with Crippen molar-refractivity contribution in [2.24, 2.45) is 5.84 Å². The molecule has 1 aromatic heterocycles. The van der Waals surface area contributed by atoms with Crippen molar-refractivity contribution in [3.05, 3.63) is 29.8 Å². The van der Waals surface area contributed by atoms with E-state index >= 15 is 0 Å². The third kappa shape index (κ3) is 3.33. The van der Waals surface area contributed by atoms with Gasteiger partial charge in [0.15, 0.2) is 0 Å². The number of hydrogen-bond donors (Lipinski definition) is 3. The van der Waals surface area contributed by atoms with E-state index in [0.717, 1.165) is 18.5 Å². The van der Waals surface area contributed by atoms with Gasteiger partial charge in [-0.15, -0.1) is 0 Å². The molecule has 0 saturated carbocycles. The van der Waals surface area contributed by atoms with E-state index in [1.54, 1.807) is 0 Å². The maximum atomic E-state index is 5.33. The topological polar surface area (TPSA) is 98.0 Å². The van der Waals surface area contributed by atoms with Crippen molar-refractivity contribution in [2.75, 3.05) is 17.9 Å². The Morgan fingerprint density at radius 2 is 1.90 bits per heavy atom. The lowest BCUT2D eigenvalue weighted by molar-refractivity contribution is 0.379. The summed E-state index contributed by atoms with van der Waals surface area (Å²) in [6.45, 7) is 2.14. The molecule has 2 aromatic rings. The summed E-state index contributed by atoms with van der Waals surface area (Å²) in [6.07, 6.45) is 2.04. The van der Waals surface area contributed by atoms with Gasteiger partial charge in [-0.25, -0.2) is 5.84 Å². The monoisotopic (exact) mass is 274 g/mol. The Balaban J connectivity index is 2.29. The van der Waals surface area contributed by atoms with Crippen LogP contribution in [-0.4, -0.2) is 22.1 Å². The van der Waals surface area contributed by atoms with Gasteiger partial charge < -0.3 is 10.1 Å². The Hall–Kier alpha value is -2.41. The van der Waals surface area contributed by atoms with Crippen LogP contribution >= 0.6 is 0 Å². The van der Waals surface area contributed by atoms with Crippen LogP contribution in [0.25, 0.3) is 0 Å². The number of para-hydroxylation sites is 1. The van der Waals surface area contributed by atoms with Crippen molar-refractivity contribution in [1.29, 1.82) is 0 Å². The third-order valence-electron chi connectivity index (χ3n) is 2.71. The molecule has 0 fully saturated rings. The first kappa shape index (κ1) is 14.0. The van der Waals surface area contributed by atoms with Crippen LogP contribution in [0.2, 0.25) is 0 Å². The van der Waals surface area contributed by atoms with Gasteiger partial charge in [-0.3, -0.25) is 5.43 Å². The molecular formula is C13H18N6O. The van der Waals surface area contributed by atoms with Crippen molar-refractivity contribution in [2.45, 2.75) is 19.8 Å². The van der Waals surface area contributed by atoms with Crippen LogP contribution < -0.4 is 21.3 Å². The van der Waals surface area contributed by atoms with Crippen molar-refractivity contribution >= 4 is 17.6 Å². The molecule has 0 aliphatic rings. The van der Waals surface area contributed by atoms with Crippen molar-refractivity contribution in [3.8, 4) is 6.01 Å². The fourth-order valence-corrected chi connectivity index (χ4v) is 1.82. The molecule has 20 heavy (non-hydrogen) atoms. The zero-order valence-corrected chi connectivity index (χ0v) is 11.6. The first-order valence-corrected chi connectivity index (χ1v) is 6.38. The maximum Gasteiger partial charge on any atom is 0.322 e. The van der Waals surface area contributed by atoms with E-state index in [9.17, 15) is 0 Å². The minimum Gasteiger partial charge on any atom is -0.467 e. The standard InChI is InChI=1S/C13H18N6O/c1-3-6-9-7-4-5-8-10(9)15-11-16-12(19-14)18-13(17-11)20-2/h4-5,7-8H,3,6,14H2,1-2H3,(H2,15,16,17,18,19). The van der Waals surface area contributed by atoms with Gasteiger partial charge in [-0.05, 0) is 18.1 Å². The molecule has 0 saturated heterocycles. The van der Waals surface area contributed by atoms with Gasteiger partial charge in [0, 0.05) is 5.69 Å². The van der Waals surface area contributed by atoms with Crippen molar-refractivity contribution in [1.82, 2.24) is 15.0 Å². The lowest BCUT2D eigenvalue weighted by Gasteiger charge is -2.11. The molecule has 0 unspecified atom stereocenters. The molecule has 0 amide bonds. The molecule has 7 nitrogen and oxygen atoms in total. The Morgan fingerprint density at radius 3 is 2.60 bits per heavy atom. The summed E-state index contributed by atoms with van der Waals surface area (Å²) < 4.78 is 5.02. The maximum absolute atomic E-state index is 5.33. The number of hydrogen-bond acceptors (Lipinski definition) is 7. The fraction of sp³-hybridized carbons (Fsp3) is 0.308. The SMILES string of the molecule is CCCc1ccccc1Nc1nc(NN)nc(OC)n1. The number of rotatable bonds is 6. The number of nitrogens with zero attached hydrogens (tertiary/aromatic N) is 3. The first-order chi connectivity index (χ1) is 9.76. The van der Waals surface area contributed by atoms with Gasteiger partial charge >= 0.3 is 6.01 Å². The van der Waals surface area contributed by atoms with Crippen LogP contribution in [0.1, 0.15) is 18.9 Å². The summed E-state index contributed by atoms with van der Waals surface area (Å²) in [6, 6.07) is 8.23. The molecule has 1 aromatic carbocycles. The lowest BCUT2D eigenvalue weighted by atomic mass is 10.1. The van der Waals surface area contributed by atoms with Crippen LogP contribution in [0, 0.1) is 0 Å². The van der Waals surface area contributed by atoms with Crippen molar-refractivity contribution in [3.63, 3.8) is 0 Å².